The van der Waals surface area contributed by atoms with Crippen LogP contribution < -0.4 is 4.90 Å². The molecule has 8 heteroatoms. The second-order valence-corrected chi connectivity index (χ2v) is 7.42. The first-order valence-electron chi connectivity index (χ1n) is 8.73. The van der Waals surface area contributed by atoms with Crippen LogP contribution in [0.2, 0.25) is 0 Å². The van der Waals surface area contributed by atoms with E-state index in [0.717, 1.165) is 59.2 Å². The Kier molecular flexibility index (Phi) is 3.77. The summed E-state index contributed by atoms with van der Waals surface area (Å²) in [6.45, 7) is 4.87. The molecule has 0 saturated carbocycles. The number of hydrogen-bond donors (Lipinski definition) is 0. The van der Waals surface area contributed by atoms with Crippen molar-refractivity contribution in [2.45, 2.75) is 13.5 Å². The van der Waals surface area contributed by atoms with Gasteiger partial charge in [0.25, 0.3) is 0 Å². The van der Waals surface area contributed by atoms with Gasteiger partial charge in [-0.05, 0) is 19.1 Å². The van der Waals surface area contributed by atoms with E-state index in [0.29, 0.717) is 11.5 Å². The van der Waals surface area contributed by atoms with Gasteiger partial charge in [-0.25, -0.2) is 15.0 Å². The van der Waals surface area contributed by atoms with E-state index in [1.807, 2.05) is 34.7 Å². The van der Waals surface area contributed by atoms with E-state index in [4.69, 9.17) is 9.40 Å². The largest absolute Gasteiger partial charge is 0.432 e. The Hall–Kier alpha value is -2.61. The first-order valence-corrected chi connectivity index (χ1v) is 9.88. The van der Waals surface area contributed by atoms with E-state index in [2.05, 4.69) is 26.8 Å². The second kappa shape index (κ2) is 6.28. The lowest BCUT2D eigenvalue weighted by Crippen LogP contribution is -2.33. The van der Waals surface area contributed by atoms with Gasteiger partial charge in [0.05, 0.1) is 24.2 Å². The quantitative estimate of drug-likeness (QED) is 0.551. The minimum absolute atomic E-state index is 0.563. The van der Waals surface area contributed by atoms with E-state index >= 15 is 0 Å². The number of thioether (sulfide) groups is 1. The molecule has 0 aliphatic carbocycles. The molecule has 0 radical (unpaired) electrons. The molecule has 4 aromatic rings. The van der Waals surface area contributed by atoms with Crippen molar-refractivity contribution in [3.8, 4) is 11.6 Å². The van der Waals surface area contributed by atoms with Gasteiger partial charge in [-0.3, -0.25) is 4.98 Å². The highest BCUT2D eigenvalue weighted by Crippen LogP contribution is 2.29. The molecule has 3 aromatic heterocycles. The molecule has 132 valence electrons. The van der Waals surface area contributed by atoms with Crippen LogP contribution >= 0.6 is 11.8 Å². The van der Waals surface area contributed by atoms with Crippen molar-refractivity contribution in [2.75, 3.05) is 29.5 Å². The summed E-state index contributed by atoms with van der Waals surface area (Å²) in [5, 5.41) is 0. The van der Waals surface area contributed by atoms with Crippen LogP contribution in [0, 0.1) is 0 Å². The van der Waals surface area contributed by atoms with Crippen molar-refractivity contribution in [1.29, 1.82) is 0 Å². The van der Waals surface area contributed by atoms with Gasteiger partial charge in [0.1, 0.15) is 22.5 Å². The standard InChI is InChI=1S/C18H18N6OS/c1-2-23-11-19-9-14(23)18-21-13-4-3-12-16(17(13)25-18)22-15(10-20-12)24-5-7-26-8-6-24/h3-4,9-11H,2,5-8H2,1H3. The van der Waals surface area contributed by atoms with Crippen molar-refractivity contribution in [3.05, 3.63) is 30.9 Å². The zero-order valence-electron chi connectivity index (χ0n) is 14.4. The molecule has 0 spiro atoms. The van der Waals surface area contributed by atoms with Crippen LogP contribution in [-0.2, 0) is 6.54 Å². The summed E-state index contributed by atoms with van der Waals surface area (Å²) in [6.07, 6.45) is 5.42. The van der Waals surface area contributed by atoms with Crippen LogP contribution in [0.3, 0.4) is 0 Å². The number of imidazole rings is 1. The summed E-state index contributed by atoms with van der Waals surface area (Å²) >= 11 is 1.98. The van der Waals surface area contributed by atoms with Gasteiger partial charge >= 0.3 is 0 Å². The maximum Gasteiger partial charge on any atom is 0.245 e. The van der Waals surface area contributed by atoms with Crippen LogP contribution in [-0.4, -0.2) is 49.1 Å². The summed E-state index contributed by atoms with van der Waals surface area (Å²) in [4.78, 5) is 20.6. The van der Waals surface area contributed by atoms with E-state index < -0.39 is 0 Å². The third-order valence-electron chi connectivity index (χ3n) is 4.66. The molecule has 4 heterocycles. The number of hydrogen-bond acceptors (Lipinski definition) is 7. The lowest BCUT2D eigenvalue weighted by Gasteiger charge is -2.27. The molecule has 1 aliphatic heterocycles. The fourth-order valence-electron chi connectivity index (χ4n) is 3.26. The minimum Gasteiger partial charge on any atom is -0.432 e. The monoisotopic (exact) mass is 366 g/mol. The predicted molar refractivity (Wildman–Crippen MR) is 104 cm³/mol. The Labute approximate surface area is 154 Å². The molecule has 1 fully saturated rings. The van der Waals surface area contributed by atoms with Crippen molar-refractivity contribution in [2.24, 2.45) is 0 Å². The number of oxazole rings is 1. The number of aryl methyl sites for hydroxylation is 1. The topological polar surface area (TPSA) is 72.9 Å². The van der Waals surface area contributed by atoms with E-state index in [9.17, 15) is 0 Å². The van der Waals surface area contributed by atoms with Crippen molar-refractivity contribution in [1.82, 2.24) is 24.5 Å². The number of anilines is 1. The summed E-state index contributed by atoms with van der Waals surface area (Å²) < 4.78 is 8.12. The Balaban J connectivity index is 1.65. The van der Waals surface area contributed by atoms with E-state index in [-0.39, 0.29) is 0 Å². The molecule has 1 aliphatic rings. The van der Waals surface area contributed by atoms with Crippen LogP contribution in [0.25, 0.3) is 33.7 Å². The van der Waals surface area contributed by atoms with Crippen LogP contribution in [0.4, 0.5) is 5.82 Å². The fourth-order valence-corrected chi connectivity index (χ4v) is 4.16. The third-order valence-corrected chi connectivity index (χ3v) is 5.61. The summed E-state index contributed by atoms with van der Waals surface area (Å²) in [7, 11) is 0. The van der Waals surface area contributed by atoms with Gasteiger partial charge in [-0.15, -0.1) is 0 Å². The van der Waals surface area contributed by atoms with Gasteiger partial charge in [-0.1, -0.05) is 0 Å². The first kappa shape index (κ1) is 15.6. The Bertz CT molecular complexity index is 1080. The first-order chi connectivity index (χ1) is 12.8. The molecular formula is C18H18N6OS. The number of nitrogens with zero attached hydrogens (tertiary/aromatic N) is 6. The van der Waals surface area contributed by atoms with Crippen molar-refractivity contribution >= 4 is 39.7 Å². The molecule has 26 heavy (non-hydrogen) atoms. The number of fused-ring (bicyclic) bond motifs is 3. The minimum atomic E-state index is 0.563. The van der Waals surface area contributed by atoms with E-state index in [1.165, 1.54) is 0 Å². The lowest BCUT2D eigenvalue weighted by atomic mass is 10.2. The predicted octanol–water partition coefficient (Wildman–Crippen LogP) is 3.21. The molecular weight excluding hydrogens is 348 g/mol. The summed E-state index contributed by atoms with van der Waals surface area (Å²) in [5.41, 5.74) is 3.92. The Morgan fingerprint density at radius 3 is 2.81 bits per heavy atom. The molecule has 0 atom stereocenters. The van der Waals surface area contributed by atoms with Crippen LogP contribution in [0.1, 0.15) is 6.92 Å². The van der Waals surface area contributed by atoms with Gasteiger partial charge in [0.15, 0.2) is 5.58 Å². The summed E-state index contributed by atoms with van der Waals surface area (Å²) in [6, 6.07) is 3.88. The third kappa shape index (κ3) is 2.52. The van der Waals surface area contributed by atoms with Gasteiger partial charge in [0, 0.05) is 31.1 Å². The van der Waals surface area contributed by atoms with Gasteiger partial charge < -0.3 is 13.9 Å². The average Bonchev–Trinajstić information content (AvgIpc) is 3.34. The zero-order valence-corrected chi connectivity index (χ0v) is 15.2. The van der Waals surface area contributed by atoms with Gasteiger partial charge in [0.2, 0.25) is 5.89 Å². The molecule has 0 unspecified atom stereocenters. The summed E-state index contributed by atoms with van der Waals surface area (Å²) in [5.74, 6) is 3.71. The molecule has 5 rings (SSSR count). The Morgan fingerprint density at radius 2 is 1.96 bits per heavy atom. The number of rotatable bonds is 3. The zero-order chi connectivity index (χ0) is 17.5. The highest BCUT2D eigenvalue weighted by atomic mass is 32.2. The molecule has 0 bridgehead atoms. The van der Waals surface area contributed by atoms with E-state index in [1.54, 1.807) is 12.5 Å². The van der Waals surface area contributed by atoms with Crippen molar-refractivity contribution in [3.63, 3.8) is 0 Å². The highest BCUT2D eigenvalue weighted by Gasteiger charge is 2.18. The number of aromatic nitrogens is 5. The molecule has 1 aromatic carbocycles. The maximum absolute atomic E-state index is 6.11. The van der Waals surface area contributed by atoms with Gasteiger partial charge in [-0.2, -0.15) is 11.8 Å². The number of benzene rings is 1. The van der Waals surface area contributed by atoms with Crippen LogP contribution in [0.5, 0.6) is 0 Å². The lowest BCUT2D eigenvalue weighted by molar-refractivity contribution is 0.608. The normalized spacial score (nSPS) is 15.2. The molecule has 0 N–H and O–H groups in total. The SMILES string of the molecule is CCn1cncc1-c1nc2ccc3ncc(N4CCSCC4)nc3c2o1. The second-order valence-electron chi connectivity index (χ2n) is 6.19. The molecule has 0 amide bonds. The Morgan fingerprint density at radius 1 is 1.12 bits per heavy atom. The fraction of sp³-hybridized carbons (Fsp3) is 0.333. The van der Waals surface area contributed by atoms with Crippen LogP contribution in [0.15, 0.2) is 35.3 Å². The van der Waals surface area contributed by atoms with Crippen molar-refractivity contribution < 1.29 is 4.42 Å². The average molecular weight is 366 g/mol. The molecule has 7 nitrogen and oxygen atoms in total. The smallest absolute Gasteiger partial charge is 0.245 e. The highest BCUT2D eigenvalue weighted by molar-refractivity contribution is 7.99. The maximum atomic E-state index is 6.11. The molecule has 1 saturated heterocycles.